The Labute approximate surface area is 158 Å². The molecule has 0 saturated heterocycles. The predicted molar refractivity (Wildman–Crippen MR) is 83.5 cm³/mol. The van der Waals surface area contributed by atoms with E-state index in [4.69, 9.17) is 9.05 Å². The van der Waals surface area contributed by atoms with Gasteiger partial charge in [-0.05, 0) is 49.9 Å². The normalized spacial score (nSPS) is 15.0. The Bertz CT molecular complexity index is 753. The molecule has 0 radical (unpaired) electrons. The largest absolute Gasteiger partial charge is 1.00 e. The van der Waals surface area contributed by atoms with Crippen LogP contribution >= 0.6 is 7.82 Å². The van der Waals surface area contributed by atoms with Crippen LogP contribution in [-0.4, -0.2) is 0 Å². The molecule has 3 rings (SSSR count). The molecule has 6 heteroatoms. The molecule has 0 aliphatic carbocycles. The third-order valence-corrected chi connectivity index (χ3v) is 4.59. The van der Waals surface area contributed by atoms with Gasteiger partial charge in [-0.2, -0.15) is 0 Å². The fourth-order valence-corrected chi connectivity index (χ4v) is 4.06. The van der Waals surface area contributed by atoms with Gasteiger partial charge in [0.05, 0.1) is 0 Å². The van der Waals surface area contributed by atoms with E-state index in [9.17, 15) is 9.46 Å². The molecule has 2 aromatic rings. The molecule has 116 valence electrons. The average Bonchev–Trinajstić information content (AvgIpc) is 2.36. The van der Waals surface area contributed by atoms with E-state index in [0.717, 1.165) is 33.4 Å². The van der Waals surface area contributed by atoms with E-state index in [0.29, 0.717) is 17.9 Å². The molecule has 0 aromatic heterocycles. The summed E-state index contributed by atoms with van der Waals surface area (Å²) in [6.45, 7) is 7.66. The van der Waals surface area contributed by atoms with Crippen LogP contribution in [0.5, 0.6) is 11.5 Å². The smallest absolute Gasteiger partial charge is 0.736 e. The second-order valence-electron chi connectivity index (χ2n) is 5.95. The maximum Gasteiger partial charge on any atom is 1.00 e. The van der Waals surface area contributed by atoms with E-state index in [1.165, 1.54) is 0 Å². The van der Waals surface area contributed by atoms with Crippen LogP contribution in [0.3, 0.4) is 0 Å². The zero-order valence-corrected chi connectivity index (χ0v) is 17.0. The summed E-state index contributed by atoms with van der Waals surface area (Å²) in [6.07, 6.45) is 0.579. The zero-order chi connectivity index (χ0) is 16.1. The molecule has 4 nitrogen and oxygen atoms in total. The average molecular weight is 340 g/mol. The molecule has 1 aliphatic heterocycles. The standard InChI is InChI=1S/C17H19O4P.Na/c1-10-5-12(3)16-14(7-10)9-15-8-11(2)6-13(4)17(15)21-22(18,19)20-16;/h5-8H,9H2,1-4H3,(H,18,19);/q;+1/p-1. The summed E-state index contributed by atoms with van der Waals surface area (Å²) in [5.74, 6) is 0.766. The SMILES string of the molecule is Cc1cc(C)c2c(c1)Cc1cc(C)cc(C)c1OP(=O)([O-])O2.[Na+]. The number of fused-ring (bicyclic) bond motifs is 2. The number of benzene rings is 2. The van der Waals surface area contributed by atoms with Gasteiger partial charge in [0.15, 0.2) is 0 Å². The Kier molecular flexibility index (Phi) is 5.34. The minimum Gasteiger partial charge on any atom is -0.736 e. The van der Waals surface area contributed by atoms with Crippen molar-refractivity contribution in [3.05, 3.63) is 57.6 Å². The monoisotopic (exact) mass is 340 g/mol. The van der Waals surface area contributed by atoms with Crippen molar-refractivity contribution in [2.75, 3.05) is 0 Å². The van der Waals surface area contributed by atoms with Gasteiger partial charge in [0.25, 0.3) is 0 Å². The summed E-state index contributed by atoms with van der Waals surface area (Å²) in [5.41, 5.74) is 5.47. The fourth-order valence-electron chi connectivity index (χ4n) is 3.06. The Hall–Kier alpha value is -0.770. The van der Waals surface area contributed by atoms with E-state index in [-0.39, 0.29) is 29.6 Å². The van der Waals surface area contributed by atoms with Crippen LogP contribution in [0.2, 0.25) is 0 Å². The van der Waals surface area contributed by atoms with Crippen LogP contribution in [0.1, 0.15) is 33.4 Å². The first-order chi connectivity index (χ1) is 10.2. The van der Waals surface area contributed by atoms with Crippen LogP contribution in [0.25, 0.3) is 0 Å². The van der Waals surface area contributed by atoms with Crippen LogP contribution in [0.15, 0.2) is 24.3 Å². The van der Waals surface area contributed by atoms with Gasteiger partial charge in [0.1, 0.15) is 11.5 Å². The van der Waals surface area contributed by atoms with Gasteiger partial charge in [-0.3, -0.25) is 0 Å². The third kappa shape index (κ3) is 3.84. The second-order valence-corrected chi connectivity index (χ2v) is 7.21. The van der Waals surface area contributed by atoms with Crippen LogP contribution in [0, 0.1) is 27.7 Å². The van der Waals surface area contributed by atoms with E-state index >= 15 is 0 Å². The van der Waals surface area contributed by atoms with Gasteiger partial charge >= 0.3 is 37.4 Å². The van der Waals surface area contributed by atoms with Crippen molar-refractivity contribution in [3.63, 3.8) is 0 Å². The maximum atomic E-state index is 12.2. The number of phosphoric ester groups is 1. The van der Waals surface area contributed by atoms with E-state index in [2.05, 4.69) is 0 Å². The van der Waals surface area contributed by atoms with Crippen LogP contribution in [-0.2, 0) is 11.0 Å². The summed E-state index contributed by atoms with van der Waals surface area (Å²) in [7, 11) is -4.46. The molecule has 0 saturated carbocycles. The van der Waals surface area contributed by atoms with Crippen molar-refractivity contribution in [3.8, 4) is 11.5 Å². The number of aryl methyl sites for hydroxylation is 4. The first kappa shape index (κ1) is 18.6. The molecule has 23 heavy (non-hydrogen) atoms. The molecule has 1 aliphatic rings. The maximum absolute atomic E-state index is 12.2. The van der Waals surface area contributed by atoms with Gasteiger partial charge in [-0.1, -0.05) is 35.4 Å². The Morgan fingerprint density at radius 3 is 1.65 bits per heavy atom. The Balaban J connectivity index is 0.00000192. The summed E-state index contributed by atoms with van der Waals surface area (Å²) < 4.78 is 22.7. The van der Waals surface area contributed by atoms with Crippen molar-refractivity contribution >= 4 is 7.82 Å². The third-order valence-electron chi connectivity index (χ3n) is 3.78. The molecular weight excluding hydrogens is 322 g/mol. The van der Waals surface area contributed by atoms with Crippen LogP contribution in [0.4, 0.5) is 0 Å². The van der Waals surface area contributed by atoms with Crippen molar-refractivity contribution in [1.29, 1.82) is 0 Å². The van der Waals surface area contributed by atoms with Gasteiger partial charge in [-0.25, -0.2) is 4.57 Å². The molecular formula is C17H18NaO4P. The summed E-state index contributed by atoms with van der Waals surface area (Å²) >= 11 is 0. The summed E-state index contributed by atoms with van der Waals surface area (Å²) in [5, 5.41) is 0. The molecule has 0 N–H and O–H groups in total. The fraction of sp³-hybridized carbons (Fsp3) is 0.294. The van der Waals surface area contributed by atoms with Gasteiger partial charge in [0, 0.05) is 6.42 Å². The molecule has 0 amide bonds. The molecule has 0 atom stereocenters. The number of phosphoric acid groups is 1. The van der Waals surface area contributed by atoms with Gasteiger partial charge in [0.2, 0.25) is 0 Å². The van der Waals surface area contributed by atoms with Crippen molar-refractivity contribution in [2.24, 2.45) is 0 Å². The number of rotatable bonds is 0. The first-order valence-corrected chi connectivity index (χ1v) is 8.62. The van der Waals surface area contributed by atoms with E-state index < -0.39 is 7.82 Å². The molecule has 0 spiro atoms. The quantitative estimate of drug-likeness (QED) is 0.525. The molecule has 2 aromatic carbocycles. The minimum absolute atomic E-state index is 0. The molecule has 0 unspecified atom stereocenters. The molecule has 0 fully saturated rings. The molecule has 0 bridgehead atoms. The first-order valence-electron chi connectivity index (χ1n) is 7.16. The van der Waals surface area contributed by atoms with Crippen molar-refractivity contribution in [1.82, 2.24) is 0 Å². The van der Waals surface area contributed by atoms with Crippen LogP contribution < -0.4 is 43.5 Å². The number of hydrogen-bond acceptors (Lipinski definition) is 4. The minimum atomic E-state index is -4.46. The van der Waals surface area contributed by atoms with E-state index in [1.54, 1.807) is 0 Å². The van der Waals surface area contributed by atoms with Gasteiger partial charge < -0.3 is 13.9 Å². The Morgan fingerprint density at radius 2 is 1.26 bits per heavy atom. The number of hydrogen-bond donors (Lipinski definition) is 0. The van der Waals surface area contributed by atoms with Crippen molar-refractivity contribution < 1.29 is 48.1 Å². The van der Waals surface area contributed by atoms with Crippen molar-refractivity contribution in [2.45, 2.75) is 34.1 Å². The topological polar surface area (TPSA) is 58.6 Å². The predicted octanol–water partition coefficient (Wildman–Crippen LogP) is 0.755. The Morgan fingerprint density at radius 1 is 0.870 bits per heavy atom. The summed E-state index contributed by atoms with van der Waals surface area (Å²) in [4.78, 5) is 12.2. The van der Waals surface area contributed by atoms with E-state index in [1.807, 2.05) is 52.0 Å². The molecule has 1 heterocycles. The second kappa shape index (κ2) is 6.62. The van der Waals surface area contributed by atoms with Gasteiger partial charge in [-0.15, -0.1) is 0 Å². The summed E-state index contributed by atoms with van der Waals surface area (Å²) in [6, 6.07) is 7.75. The zero-order valence-electron chi connectivity index (χ0n) is 14.1.